The number of furan rings is 1. The smallest absolute Gasteiger partial charge is 0.371 e. The average molecular weight is 318 g/mol. The van der Waals surface area contributed by atoms with Gasteiger partial charge in [-0.2, -0.15) is 0 Å². The molecular weight excluding hydrogens is 304 g/mol. The number of hydrogen-bond acceptors (Lipinski definition) is 5. The molecule has 2 heterocycles. The Bertz CT molecular complexity index is 747. The topological polar surface area (TPSA) is 106 Å². The molecule has 0 saturated carbocycles. The molecule has 1 aliphatic rings. The minimum Gasteiger partial charge on any atom is -0.486 e. The molecule has 23 heavy (non-hydrogen) atoms. The second kappa shape index (κ2) is 6.04. The van der Waals surface area contributed by atoms with Crippen LogP contribution in [-0.2, 0) is 11.2 Å². The van der Waals surface area contributed by atoms with Crippen LogP contribution >= 0.6 is 0 Å². The van der Waals surface area contributed by atoms with Gasteiger partial charge in [-0.05, 0) is 29.8 Å². The Morgan fingerprint density at radius 1 is 1.04 bits per heavy atom. The van der Waals surface area contributed by atoms with Crippen LogP contribution in [0, 0.1) is 0 Å². The van der Waals surface area contributed by atoms with Crippen molar-refractivity contribution in [2.45, 2.75) is 12.3 Å². The van der Waals surface area contributed by atoms with Crippen molar-refractivity contribution < 1.29 is 33.7 Å². The van der Waals surface area contributed by atoms with Crippen LogP contribution in [0.25, 0.3) is 0 Å². The summed E-state index contributed by atoms with van der Waals surface area (Å²) in [7, 11) is 0. The van der Waals surface area contributed by atoms with E-state index < -0.39 is 17.9 Å². The molecule has 3 rings (SSSR count). The monoisotopic (exact) mass is 318 g/mol. The van der Waals surface area contributed by atoms with Gasteiger partial charge in [0.05, 0.1) is 5.92 Å². The van der Waals surface area contributed by atoms with Crippen molar-refractivity contribution in [3.05, 3.63) is 47.4 Å². The largest absolute Gasteiger partial charge is 0.486 e. The van der Waals surface area contributed by atoms with E-state index in [1.54, 1.807) is 18.2 Å². The Balaban J connectivity index is 1.86. The van der Waals surface area contributed by atoms with Gasteiger partial charge in [0.1, 0.15) is 19.0 Å². The number of fused-ring (bicyclic) bond motifs is 1. The van der Waals surface area contributed by atoms with Gasteiger partial charge in [-0.3, -0.25) is 4.79 Å². The van der Waals surface area contributed by atoms with E-state index in [1.807, 2.05) is 0 Å². The van der Waals surface area contributed by atoms with E-state index in [2.05, 4.69) is 0 Å². The molecule has 0 saturated heterocycles. The van der Waals surface area contributed by atoms with Crippen molar-refractivity contribution in [3.8, 4) is 11.5 Å². The Kier molecular flexibility index (Phi) is 3.92. The third kappa shape index (κ3) is 3.13. The molecule has 1 unspecified atom stereocenters. The van der Waals surface area contributed by atoms with Gasteiger partial charge in [0, 0.05) is 6.42 Å². The van der Waals surface area contributed by atoms with E-state index in [0.29, 0.717) is 36.0 Å². The molecule has 1 aromatic carbocycles. The van der Waals surface area contributed by atoms with Crippen LogP contribution in [0.4, 0.5) is 0 Å². The number of carboxylic acid groups (broad SMARTS) is 2. The number of benzene rings is 1. The van der Waals surface area contributed by atoms with Crippen LogP contribution in [0.15, 0.2) is 34.7 Å². The molecule has 7 nitrogen and oxygen atoms in total. The summed E-state index contributed by atoms with van der Waals surface area (Å²) >= 11 is 0. The minimum absolute atomic E-state index is 0.0439. The summed E-state index contributed by atoms with van der Waals surface area (Å²) in [6.45, 7) is 0.868. The zero-order chi connectivity index (χ0) is 16.4. The van der Waals surface area contributed by atoms with Crippen LogP contribution in [0.5, 0.6) is 11.5 Å². The summed E-state index contributed by atoms with van der Waals surface area (Å²) in [5.41, 5.74) is 0.537. The molecular formula is C16H14O7. The highest BCUT2D eigenvalue weighted by Crippen LogP contribution is 2.34. The minimum atomic E-state index is -1.19. The predicted molar refractivity (Wildman–Crippen MR) is 77.2 cm³/mol. The fourth-order valence-electron chi connectivity index (χ4n) is 2.43. The molecule has 0 fully saturated rings. The van der Waals surface area contributed by atoms with Gasteiger partial charge in [0.2, 0.25) is 5.76 Å². The first-order valence-electron chi connectivity index (χ1n) is 6.99. The highest BCUT2D eigenvalue weighted by atomic mass is 16.6. The first-order valence-corrected chi connectivity index (χ1v) is 6.99. The van der Waals surface area contributed by atoms with Crippen LogP contribution in [0.1, 0.15) is 27.8 Å². The molecule has 2 N–H and O–H groups in total. The van der Waals surface area contributed by atoms with Crippen LogP contribution in [0.2, 0.25) is 0 Å². The quantitative estimate of drug-likeness (QED) is 0.870. The van der Waals surface area contributed by atoms with Crippen molar-refractivity contribution in [2.24, 2.45) is 0 Å². The predicted octanol–water partition coefficient (Wildman–Crippen LogP) is 2.16. The number of hydrogen-bond donors (Lipinski definition) is 2. The summed E-state index contributed by atoms with van der Waals surface area (Å²) in [5.74, 6) is -1.94. The summed E-state index contributed by atoms with van der Waals surface area (Å²) in [6, 6.07) is 7.74. The number of carbonyl (C=O) groups is 2. The molecule has 120 valence electrons. The van der Waals surface area contributed by atoms with Gasteiger partial charge in [-0.1, -0.05) is 6.07 Å². The number of aliphatic carboxylic acids is 1. The Morgan fingerprint density at radius 3 is 2.43 bits per heavy atom. The second-order valence-electron chi connectivity index (χ2n) is 5.07. The lowest BCUT2D eigenvalue weighted by atomic mass is 9.94. The maximum absolute atomic E-state index is 11.6. The van der Waals surface area contributed by atoms with E-state index in [0.717, 1.165) is 0 Å². The molecule has 2 aromatic rings. The summed E-state index contributed by atoms with van der Waals surface area (Å²) < 4.78 is 16.0. The van der Waals surface area contributed by atoms with Crippen LogP contribution in [-0.4, -0.2) is 35.4 Å². The van der Waals surface area contributed by atoms with E-state index in [4.69, 9.17) is 19.0 Å². The highest BCUT2D eigenvalue weighted by molar-refractivity contribution is 5.84. The Hall–Kier alpha value is -2.96. The lowest BCUT2D eigenvalue weighted by molar-refractivity contribution is -0.138. The van der Waals surface area contributed by atoms with Gasteiger partial charge >= 0.3 is 11.9 Å². The third-order valence-electron chi connectivity index (χ3n) is 3.54. The van der Waals surface area contributed by atoms with Crippen LogP contribution in [0.3, 0.4) is 0 Å². The van der Waals surface area contributed by atoms with Gasteiger partial charge < -0.3 is 24.1 Å². The number of carboxylic acids is 2. The lowest BCUT2D eigenvalue weighted by Gasteiger charge is -2.20. The van der Waals surface area contributed by atoms with Crippen molar-refractivity contribution in [1.29, 1.82) is 0 Å². The molecule has 0 bridgehead atoms. The molecule has 0 spiro atoms. The number of aromatic carboxylic acids is 1. The highest BCUT2D eigenvalue weighted by Gasteiger charge is 2.25. The molecule has 0 radical (unpaired) electrons. The van der Waals surface area contributed by atoms with E-state index in [-0.39, 0.29) is 12.2 Å². The van der Waals surface area contributed by atoms with Gasteiger partial charge in [0.25, 0.3) is 0 Å². The molecule has 1 aliphatic heterocycles. The van der Waals surface area contributed by atoms with Gasteiger partial charge in [0.15, 0.2) is 11.5 Å². The van der Waals surface area contributed by atoms with E-state index in [1.165, 1.54) is 12.1 Å². The fourth-order valence-corrected chi connectivity index (χ4v) is 2.43. The normalized spacial score (nSPS) is 14.3. The van der Waals surface area contributed by atoms with Crippen molar-refractivity contribution in [1.82, 2.24) is 0 Å². The van der Waals surface area contributed by atoms with Crippen molar-refractivity contribution >= 4 is 11.9 Å². The average Bonchev–Trinajstić information content (AvgIpc) is 3.01. The van der Waals surface area contributed by atoms with Crippen molar-refractivity contribution in [2.75, 3.05) is 13.2 Å². The van der Waals surface area contributed by atoms with Gasteiger partial charge in [-0.15, -0.1) is 0 Å². The first kappa shape index (κ1) is 15.0. The number of rotatable bonds is 5. The molecule has 0 amide bonds. The molecule has 0 aliphatic carbocycles. The zero-order valence-corrected chi connectivity index (χ0v) is 12.0. The Labute approximate surface area is 131 Å². The van der Waals surface area contributed by atoms with E-state index in [9.17, 15) is 14.7 Å². The third-order valence-corrected chi connectivity index (χ3v) is 3.54. The van der Waals surface area contributed by atoms with E-state index >= 15 is 0 Å². The number of ether oxygens (including phenoxy) is 2. The Morgan fingerprint density at radius 2 is 1.78 bits per heavy atom. The standard InChI is InChI=1S/C16H14O7/c17-15(18)11(8-10-2-4-13(23-10)16(19)20)9-1-3-12-14(7-9)22-6-5-21-12/h1-4,7,11H,5-6,8H2,(H,17,18)(H,19,20). The SMILES string of the molecule is O=C(O)c1ccc(CC(C(=O)O)c2ccc3c(c2)OCCO3)o1. The van der Waals surface area contributed by atoms with Gasteiger partial charge in [-0.25, -0.2) is 4.79 Å². The summed E-state index contributed by atoms with van der Waals surface area (Å²) in [6.07, 6.45) is 0.0439. The molecule has 7 heteroatoms. The molecule has 1 atom stereocenters. The lowest BCUT2D eigenvalue weighted by Crippen LogP contribution is -2.17. The maximum atomic E-state index is 11.6. The summed E-state index contributed by atoms with van der Waals surface area (Å²) in [4.78, 5) is 22.4. The molecule has 1 aromatic heterocycles. The summed E-state index contributed by atoms with van der Waals surface area (Å²) in [5, 5.41) is 18.3. The second-order valence-corrected chi connectivity index (χ2v) is 5.07. The first-order chi connectivity index (χ1) is 11.0. The van der Waals surface area contributed by atoms with Crippen LogP contribution < -0.4 is 9.47 Å². The van der Waals surface area contributed by atoms with Crippen molar-refractivity contribution in [3.63, 3.8) is 0 Å². The fraction of sp³-hybridized carbons (Fsp3) is 0.250. The zero-order valence-electron chi connectivity index (χ0n) is 12.0. The maximum Gasteiger partial charge on any atom is 0.371 e.